The Hall–Kier alpha value is -1.37. The predicted octanol–water partition coefficient (Wildman–Crippen LogP) is 6.48. The minimum Gasteiger partial charge on any atom is -0.504 e. The average Bonchev–Trinajstić information content (AvgIpc) is 2.86. The Kier molecular flexibility index (Phi) is 16.3. The van der Waals surface area contributed by atoms with E-state index < -0.39 is 0 Å². The van der Waals surface area contributed by atoms with Crippen LogP contribution in [0.25, 0.3) is 0 Å². The number of benzene rings is 2. The number of phenolic OH excluding ortho intramolecular Hbond substituents is 2. The van der Waals surface area contributed by atoms with E-state index in [0.717, 1.165) is 68.7 Å². The zero-order chi connectivity index (χ0) is 24.2. The number of nitrogens with zero attached hydrogens (tertiary/aromatic N) is 1. The van der Waals surface area contributed by atoms with Crippen molar-refractivity contribution in [1.29, 1.82) is 0 Å². The lowest BCUT2D eigenvalue weighted by atomic mass is 9.86. The van der Waals surface area contributed by atoms with Crippen LogP contribution in [0.15, 0.2) is 36.4 Å². The molecule has 8 heteroatoms. The van der Waals surface area contributed by atoms with Crippen LogP contribution in [0, 0.1) is 0 Å². The highest BCUT2D eigenvalue weighted by Crippen LogP contribution is 2.36. The van der Waals surface area contributed by atoms with Crippen molar-refractivity contribution in [2.24, 2.45) is 0 Å². The smallest absolute Gasteiger partial charge is 0.160 e. The molecule has 204 valence electrons. The van der Waals surface area contributed by atoms with E-state index in [4.69, 9.17) is 16.3 Å². The molecule has 0 fully saturated rings. The number of ether oxygens (including phenoxy) is 1. The maximum absolute atomic E-state index is 10.2. The van der Waals surface area contributed by atoms with Crippen LogP contribution in [0.3, 0.4) is 0 Å². The van der Waals surface area contributed by atoms with E-state index in [1.54, 1.807) is 6.07 Å². The number of nitrogens with one attached hydrogen (secondary N) is 1. The molecule has 0 saturated carbocycles. The van der Waals surface area contributed by atoms with Crippen LogP contribution in [-0.4, -0.2) is 53.9 Å². The summed E-state index contributed by atoms with van der Waals surface area (Å²) in [4.78, 5) is 2.64. The molecule has 0 aliphatic heterocycles. The van der Waals surface area contributed by atoms with Gasteiger partial charge in [0, 0.05) is 23.7 Å². The number of phenols is 2. The number of alkyl halides is 1. The first-order valence-corrected chi connectivity index (χ1v) is 13.4. The zero-order valence-corrected chi connectivity index (χ0v) is 23.8. The van der Waals surface area contributed by atoms with Gasteiger partial charge in [0.25, 0.3) is 0 Å². The molecule has 0 bridgehead atoms. The molecule has 1 aliphatic carbocycles. The van der Waals surface area contributed by atoms with Gasteiger partial charge in [0.1, 0.15) is 12.4 Å². The highest BCUT2D eigenvalue weighted by atomic mass is 35.5. The molecule has 36 heavy (non-hydrogen) atoms. The maximum atomic E-state index is 10.2. The van der Waals surface area contributed by atoms with Crippen LogP contribution in [0.4, 0.5) is 0 Å². The second kappa shape index (κ2) is 18.0. The summed E-state index contributed by atoms with van der Waals surface area (Å²) in [5, 5.41) is 23.4. The van der Waals surface area contributed by atoms with Crippen molar-refractivity contribution in [3.63, 3.8) is 0 Å². The van der Waals surface area contributed by atoms with Gasteiger partial charge in [-0.3, -0.25) is 0 Å². The largest absolute Gasteiger partial charge is 0.504 e. The van der Waals surface area contributed by atoms with Crippen LogP contribution in [0.2, 0.25) is 0 Å². The summed E-state index contributed by atoms with van der Waals surface area (Å²) in [6, 6.07) is 12.1. The summed E-state index contributed by atoms with van der Waals surface area (Å²) >= 11 is 5.95. The van der Waals surface area contributed by atoms with Gasteiger partial charge in [-0.05, 0) is 75.9 Å². The van der Waals surface area contributed by atoms with Crippen molar-refractivity contribution in [2.75, 3.05) is 32.8 Å². The first kappa shape index (κ1) is 32.7. The van der Waals surface area contributed by atoms with E-state index >= 15 is 0 Å². The van der Waals surface area contributed by atoms with Gasteiger partial charge in [-0.1, -0.05) is 44.0 Å². The maximum Gasteiger partial charge on any atom is 0.160 e. The minimum absolute atomic E-state index is 0. The van der Waals surface area contributed by atoms with Crippen molar-refractivity contribution >= 4 is 36.4 Å². The molecular weight excluding hydrogens is 519 g/mol. The van der Waals surface area contributed by atoms with Crippen LogP contribution in [0.1, 0.15) is 62.1 Å². The van der Waals surface area contributed by atoms with Crippen molar-refractivity contribution in [3.05, 3.63) is 53.1 Å². The Labute approximate surface area is 234 Å². The molecule has 0 heterocycles. The molecule has 3 N–H and O–H groups in total. The molecule has 0 aromatic heterocycles. The standard InChI is InChI=1S/C28H41ClN2O3.2ClH/c1-2-17-31(24-12-13-25-22(20-24)11-14-26(32)28(25)33)18-8-4-3-7-15-30-16-19-34-27-10-6-5-9-23(27)21-29;;/h5-6,9-11,14,24,30,32-33H,2-4,7-8,12-13,15-21H2,1H3;2*1H/t24-;;/m0../s1. The van der Waals surface area contributed by atoms with Crippen molar-refractivity contribution in [1.82, 2.24) is 10.2 Å². The molecule has 0 unspecified atom stereocenters. The SMILES string of the molecule is CCCN(CCCCCCNCCOc1ccccc1CCl)[C@H]1CCc2c(ccc(O)c2O)C1.Cl.Cl. The Balaban J connectivity index is 0.00000324. The van der Waals surface area contributed by atoms with Crippen molar-refractivity contribution in [2.45, 2.75) is 70.2 Å². The van der Waals surface area contributed by atoms with Gasteiger partial charge in [0.2, 0.25) is 0 Å². The third-order valence-electron chi connectivity index (χ3n) is 6.77. The molecule has 2 aromatic carbocycles. The highest BCUT2D eigenvalue weighted by Gasteiger charge is 2.26. The number of unbranched alkanes of at least 4 members (excludes halogenated alkanes) is 3. The average molecular weight is 562 g/mol. The van der Waals surface area contributed by atoms with E-state index in [1.807, 2.05) is 30.3 Å². The van der Waals surface area contributed by atoms with Gasteiger partial charge < -0.3 is 25.2 Å². The molecule has 0 amide bonds. The molecule has 3 rings (SSSR count). The first-order valence-electron chi connectivity index (χ1n) is 12.9. The third-order valence-corrected chi connectivity index (χ3v) is 7.06. The van der Waals surface area contributed by atoms with Gasteiger partial charge >= 0.3 is 0 Å². The third kappa shape index (κ3) is 9.83. The fourth-order valence-electron chi connectivity index (χ4n) is 4.91. The molecule has 1 aliphatic rings. The second-order valence-electron chi connectivity index (χ2n) is 9.26. The van der Waals surface area contributed by atoms with Crippen LogP contribution < -0.4 is 10.1 Å². The summed E-state index contributed by atoms with van der Waals surface area (Å²) in [5.41, 5.74) is 3.17. The lowest BCUT2D eigenvalue weighted by molar-refractivity contribution is 0.175. The number of halogens is 3. The second-order valence-corrected chi connectivity index (χ2v) is 9.52. The Morgan fingerprint density at radius 3 is 2.56 bits per heavy atom. The topological polar surface area (TPSA) is 65.0 Å². The number of aromatic hydroxyl groups is 2. The van der Waals surface area contributed by atoms with E-state index in [0.29, 0.717) is 18.5 Å². The van der Waals surface area contributed by atoms with E-state index in [2.05, 4.69) is 17.1 Å². The van der Waals surface area contributed by atoms with Gasteiger partial charge in [-0.2, -0.15) is 0 Å². The van der Waals surface area contributed by atoms with Crippen LogP contribution >= 0.6 is 36.4 Å². The lowest BCUT2D eigenvalue weighted by Crippen LogP contribution is -2.40. The molecular formula is C28H43Cl3N2O3. The van der Waals surface area contributed by atoms with Gasteiger partial charge in [0.05, 0.1) is 5.88 Å². The van der Waals surface area contributed by atoms with Crippen molar-refractivity contribution < 1.29 is 14.9 Å². The Morgan fingerprint density at radius 2 is 1.78 bits per heavy atom. The fraction of sp³-hybridized carbons (Fsp3) is 0.571. The molecule has 5 nitrogen and oxygen atoms in total. The first-order chi connectivity index (χ1) is 16.6. The normalized spacial score (nSPS) is 14.6. The summed E-state index contributed by atoms with van der Waals surface area (Å²) in [6.07, 6.45) is 8.91. The predicted molar refractivity (Wildman–Crippen MR) is 155 cm³/mol. The zero-order valence-electron chi connectivity index (χ0n) is 21.4. The number of hydrogen-bond acceptors (Lipinski definition) is 5. The number of para-hydroxylation sites is 1. The lowest BCUT2D eigenvalue weighted by Gasteiger charge is -2.35. The molecule has 1 atom stereocenters. The highest BCUT2D eigenvalue weighted by molar-refractivity contribution is 6.17. The quantitative estimate of drug-likeness (QED) is 0.132. The Morgan fingerprint density at radius 1 is 1.00 bits per heavy atom. The van der Waals surface area contributed by atoms with Crippen molar-refractivity contribution in [3.8, 4) is 17.2 Å². The summed E-state index contributed by atoms with van der Waals surface area (Å²) in [6.45, 7) is 7.03. The molecule has 2 aromatic rings. The Bertz CT molecular complexity index is 885. The van der Waals surface area contributed by atoms with Gasteiger partial charge in [-0.25, -0.2) is 0 Å². The minimum atomic E-state index is 0. The van der Waals surface area contributed by atoms with E-state index in [1.165, 1.54) is 31.2 Å². The number of fused-ring (bicyclic) bond motifs is 1. The van der Waals surface area contributed by atoms with Gasteiger partial charge in [-0.15, -0.1) is 36.4 Å². The van der Waals surface area contributed by atoms with Crippen LogP contribution in [0.5, 0.6) is 17.2 Å². The number of hydrogen-bond donors (Lipinski definition) is 3. The molecule has 0 spiro atoms. The van der Waals surface area contributed by atoms with E-state index in [-0.39, 0.29) is 36.3 Å². The summed E-state index contributed by atoms with van der Waals surface area (Å²) in [7, 11) is 0. The summed E-state index contributed by atoms with van der Waals surface area (Å²) in [5.74, 6) is 1.44. The van der Waals surface area contributed by atoms with Gasteiger partial charge in [0.15, 0.2) is 11.5 Å². The summed E-state index contributed by atoms with van der Waals surface area (Å²) < 4.78 is 5.84. The number of rotatable bonds is 15. The molecule has 0 radical (unpaired) electrons. The van der Waals surface area contributed by atoms with Crippen LogP contribution in [-0.2, 0) is 18.7 Å². The fourth-order valence-corrected chi connectivity index (χ4v) is 5.13. The molecule has 0 saturated heterocycles. The van der Waals surface area contributed by atoms with E-state index in [9.17, 15) is 10.2 Å². The monoisotopic (exact) mass is 560 g/mol.